The number of hydrogen-bond acceptors (Lipinski definition) is 6. The van der Waals surface area contributed by atoms with Crippen molar-refractivity contribution in [3.63, 3.8) is 0 Å². The van der Waals surface area contributed by atoms with E-state index in [0.717, 1.165) is 16.5 Å². The molecule has 2 rings (SSSR count). The van der Waals surface area contributed by atoms with Crippen molar-refractivity contribution in [3.8, 4) is 12.0 Å². The van der Waals surface area contributed by atoms with Gasteiger partial charge in [-0.2, -0.15) is 9.97 Å². The van der Waals surface area contributed by atoms with Crippen LogP contribution >= 0.6 is 15.9 Å². The Morgan fingerprint density at radius 2 is 1.70 bits per heavy atom. The summed E-state index contributed by atoms with van der Waals surface area (Å²) < 4.78 is 11.8. The molecule has 1 aromatic heterocycles. The number of ether oxygens (including phenoxy) is 2. The lowest BCUT2D eigenvalue weighted by Crippen LogP contribution is -2.07. The summed E-state index contributed by atoms with van der Waals surface area (Å²) in [6, 6.07) is 8.12. The molecule has 1 aromatic carbocycles. The minimum atomic E-state index is 0.0805. The van der Waals surface area contributed by atoms with E-state index in [1.54, 1.807) is 0 Å². The zero-order valence-corrected chi connectivity index (χ0v) is 12.6. The molecule has 7 heteroatoms. The van der Waals surface area contributed by atoms with Gasteiger partial charge in [0, 0.05) is 4.47 Å². The maximum absolute atomic E-state index is 5.59. The van der Waals surface area contributed by atoms with Gasteiger partial charge >= 0.3 is 12.0 Å². The van der Waals surface area contributed by atoms with Crippen LogP contribution < -0.4 is 15.2 Å². The number of benzene rings is 1. The summed E-state index contributed by atoms with van der Waals surface area (Å²) in [5.74, 6) is 0.0805. The summed E-state index contributed by atoms with van der Waals surface area (Å²) >= 11 is 3.38. The van der Waals surface area contributed by atoms with Crippen LogP contribution in [0.2, 0.25) is 0 Å². The highest BCUT2D eigenvalue weighted by atomic mass is 79.9. The second kappa shape index (κ2) is 7.04. The van der Waals surface area contributed by atoms with Crippen LogP contribution in [0, 0.1) is 0 Å². The van der Waals surface area contributed by atoms with Crippen molar-refractivity contribution in [2.75, 3.05) is 12.3 Å². The van der Waals surface area contributed by atoms with E-state index < -0.39 is 0 Å². The molecule has 0 amide bonds. The van der Waals surface area contributed by atoms with Crippen molar-refractivity contribution in [1.29, 1.82) is 0 Å². The van der Waals surface area contributed by atoms with E-state index in [1.165, 1.54) is 0 Å². The van der Waals surface area contributed by atoms with Gasteiger partial charge in [-0.3, -0.25) is 0 Å². The lowest BCUT2D eigenvalue weighted by Gasteiger charge is -2.07. The number of rotatable bonds is 6. The minimum Gasteiger partial charge on any atom is -0.463 e. The lowest BCUT2D eigenvalue weighted by molar-refractivity contribution is 0.256. The van der Waals surface area contributed by atoms with Crippen LogP contribution in [0.25, 0.3) is 0 Å². The predicted octanol–water partition coefficient (Wildman–Crippen LogP) is 2.58. The molecule has 1 heterocycles. The molecule has 20 heavy (non-hydrogen) atoms. The fourth-order valence-electron chi connectivity index (χ4n) is 1.40. The molecule has 6 nitrogen and oxygen atoms in total. The second-order valence-electron chi connectivity index (χ2n) is 4.02. The molecule has 0 atom stereocenters. The van der Waals surface area contributed by atoms with E-state index in [0.29, 0.717) is 13.2 Å². The number of aromatic nitrogens is 3. The Kier molecular flexibility index (Phi) is 5.11. The van der Waals surface area contributed by atoms with Crippen molar-refractivity contribution in [3.05, 3.63) is 34.3 Å². The van der Waals surface area contributed by atoms with Gasteiger partial charge in [0.1, 0.15) is 6.61 Å². The highest BCUT2D eigenvalue weighted by Crippen LogP contribution is 2.14. The van der Waals surface area contributed by atoms with Crippen molar-refractivity contribution >= 4 is 21.9 Å². The van der Waals surface area contributed by atoms with Crippen molar-refractivity contribution in [2.45, 2.75) is 20.0 Å². The maximum atomic E-state index is 5.59. The van der Waals surface area contributed by atoms with Crippen LogP contribution in [-0.4, -0.2) is 21.6 Å². The molecule has 0 bridgehead atoms. The summed E-state index contributed by atoms with van der Waals surface area (Å²) in [6.45, 7) is 2.87. The summed E-state index contributed by atoms with van der Waals surface area (Å²) in [5, 5.41) is 0. The van der Waals surface area contributed by atoms with Crippen LogP contribution in [0.15, 0.2) is 28.7 Å². The molecular weight excluding hydrogens is 324 g/mol. The normalized spacial score (nSPS) is 10.3. The van der Waals surface area contributed by atoms with Crippen molar-refractivity contribution in [2.24, 2.45) is 0 Å². The molecule has 0 saturated carbocycles. The van der Waals surface area contributed by atoms with E-state index in [-0.39, 0.29) is 18.0 Å². The van der Waals surface area contributed by atoms with Gasteiger partial charge in [-0.15, -0.1) is 4.98 Å². The largest absolute Gasteiger partial charge is 0.463 e. The van der Waals surface area contributed by atoms with Gasteiger partial charge in [-0.05, 0) is 24.1 Å². The number of nitrogens with two attached hydrogens (primary N) is 1. The number of nitrogen functional groups attached to an aromatic ring is 1. The summed E-state index contributed by atoms with van der Waals surface area (Å²) in [6.07, 6.45) is 0.862. The third-order valence-electron chi connectivity index (χ3n) is 2.33. The fourth-order valence-corrected chi connectivity index (χ4v) is 1.67. The standard InChI is InChI=1S/C13H15BrN4O2/c1-2-7-19-12-16-11(15)17-13(18-12)20-8-9-3-5-10(14)6-4-9/h3-6H,2,7-8H2,1H3,(H2,15,16,17,18). The number of halogens is 1. The molecular formula is C13H15BrN4O2. The molecule has 0 aliphatic heterocycles. The van der Waals surface area contributed by atoms with Crippen molar-refractivity contribution < 1.29 is 9.47 Å². The Morgan fingerprint density at radius 1 is 1.05 bits per heavy atom. The van der Waals surface area contributed by atoms with Gasteiger partial charge in [-0.1, -0.05) is 35.0 Å². The number of hydrogen-bond donors (Lipinski definition) is 1. The Bertz CT molecular complexity index is 563. The quantitative estimate of drug-likeness (QED) is 0.871. The Balaban J connectivity index is 2.01. The Hall–Kier alpha value is -1.89. The first-order chi connectivity index (χ1) is 9.67. The van der Waals surface area contributed by atoms with Crippen molar-refractivity contribution in [1.82, 2.24) is 15.0 Å². The summed E-state index contributed by atoms with van der Waals surface area (Å²) in [5.41, 5.74) is 6.59. The fraction of sp³-hybridized carbons (Fsp3) is 0.308. The molecule has 2 N–H and O–H groups in total. The van der Waals surface area contributed by atoms with E-state index in [2.05, 4.69) is 30.9 Å². The number of anilines is 1. The van der Waals surface area contributed by atoms with E-state index >= 15 is 0 Å². The first-order valence-corrected chi connectivity index (χ1v) is 6.98. The topological polar surface area (TPSA) is 83.2 Å². The molecule has 0 saturated heterocycles. The lowest BCUT2D eigenvalue weighted by atomic mass is 10.2. The van der Waals surface area contributed by atoms with Crippen LogP contribution in [0.3, 0.4) is 0 Å². The smallest absolute Gasteiger partial charge is 0.324 e. The van der Waals surface area contributed by atoms with E-state index in [9.17, 15) is 0 Å². The zero-order valence-electron chi connectivity index (χ0n) is 11.0. The highest BCUT2D eigenvalue weighted by Gasteiger charge is 2.06. The van der Waals surface area contributed by atoms with Crippen LogP contribution in [0.5, 0.6) is 12.0 Å². The van der Waals surface area contributed by atoms with E-state index in [4.69, 9.17) is 15.2 Å². The first kappa shape index (κ1) is 14.5. The molecule has 0 spiro atoms. The molecule has 0 aliphatic carbocycles. The van der Waals surface area contributed by atoms with Gasteiger partial charge in [0.15, 0.2) is 0 Å². The van der Waals surface area contributed by atoms with Gasteiger partial charge in [0.05, 0.1) is 6.61 Å². The summed E-state index contributed by atoms with van der Waals surface area (Å²) in [4.78, 5) is 11.9. The van der Waals surface area contributed by atoms with Gasteiger partial charge < -0.3 is 15.2 Å². The Labute approximate surface area is 125 Å². The SMILES string of the molecule is CCCOc1nc(N)nc(OCc2ccc(Br)cc2)n1. The molecule has 106 valence electrons. The predicted molar refractivity (Wildman–Crippen MR) is 78.5 cm³/mol. The molecule has 0 aliphatic rings. The molecule has 0 radical (unpaired) electrons. The Morgan fingerprint density at radius 3 is 2.35 bits per heavy atom. The average Bonchev–Trinajstić information content (AvgIpc) is 2.44. The monoisotopic (exact) mass is 338 g/mol. The van der Waals surface area contributed by atoms with Gasteiger partial charge in [0.25, 0.3) is 0 Å². The van der Waals surface area contributed by atoms with Gasteiger partial charge in [0.2, 0.25) is 5.95 Å². The van der Waals surface area contributed by atoms with Crippen LogP contribution in [0.4, 0.5) is 5.95 Å². The minimum absolute atomic E-state index is 0.0805. The second-order valence-corrected chi connectivity index (χ2v) is 4.94. The first-order valence-electron chi connectivity index (χ1n) is 6.19. The van der Waals surface area contributed by atoms with E-state index in [1.807, 2.05) is 31.2 Å². The number of nitrogens with zero attached hydrogens (tertiary/aromatic N) is 3. The third-order valence-corrected chi connectivity index (χ3v) is 2.86. The van der Waals surface area contributed by atoms with Crippen LogP contribution in [-0.2, 0) is 6.61 Å². The summed E-state index contributed by atoms with van der Waals surface area (Å²) in [7, 11) is 0. The average molecular weight is 339 g/mol. The molecule has 2 aromatic rings. The zero-order chi connectivity index (χ0) is 14.4. The van der Waals surface area contributed by atoms with Crippen LogP contribution in [0.1, 0.15) is 18.9 Å². The molecule has 0 unspecified atom stereocenters. The highest BCUT2D eigenvalue weighted by molar-refractivity contribution is 9.10. The maximum Gasteiger partial charge on any atom is 0.324 e. The molecule has 0 fully saturated rings. The van der Waals surface area contributed by atoms with Gasteiger partial charge in [-0.25, -0.2) is 0 Å². The third kappa shape index (κ3) is 4.34.